The number of para-hydroxylation sites is 1. The second-order valence-electron chi connectivity index (χ2n) is 12.5. The van der Waals surface area contributed by atoms with E-state index in [1.54, 1.807) is 0 Å². The maximum atomic E-state index is 6.45. The Morgan fingerprint density at radius 3 is 2.20 bits per heavy atom. The van der Waals surface area contributed by atoms with Gasteiger partial charge in [-0.2, -0.15) is 0 Å². The molecule has 0 amide bonds. The highest BCUT2D eigenvalue weighted by Gasteiger charge is 2.35. The molecule has 0 unspecified atom stereocenters. The molecule has 2 heteroatoms. The molecule has 1 heterocycles. The highest BCUT2D eigenvalue weighted by atomic mass is 16.3. The van der Waals surface area contributed by atoms with E-state index in [-0.39, 0.29) is 5.41 Å². The van der Waals surface area contributed by atoms with Crippen LogP contribution in [0, 0.1) is 12.3 Å². The lowest BCUT2D eigenvalue weighted by atomic mass is 9.82. The van der Waals surface area contributed by atoms with Gasteiger partial charge in [-0.05, 0) is 93.6 Å². The fourth-order valence-corrected chi connectivity index (χ4v) is 7.22. The summed E-state index contributed by atoms with van der Waals surface area (Å²) in [5, 5.41) is 4.54. The number of benzene rings is 6. The van der Waals surface area contributed by atoms with Gasteiger partial charge in [-0.3, -0.25) is 0 Å². The van der Waals surface area contributed by atoms with Crippen molar-refractivity contribution in [3.63, 3.8) is 0 Å². The van der Waals surface area contributed by atoms with E-state index in [0.29, 0.717) is 0 Å². The van der Waals surface area contributed by atoms with Gasteiger partial charge in [-0.15, -0.1) is 6.42 Å². The van der Waals surface area contributed by atoms with Crippen LogP contribution in [0.2, 0.25) is 0 Å². The number of terminal acetylenes is 1. The van der Waals surface area contributed by atoms with E-state index in [9.17, 15) is 0 Å². The summed E-state index contributed by atoms with van der Waals surface area (Å²) < 4.78 is 6.20. The molecule has 0 atom stereocenters. The maximum Gasteiger partial charge on any atom is 0.135 e. The van der Waals surface area contributed by atoms with Gasteiger partial charge < -0.3 is 9.32 Å². The molecule has 1 aliphatic rings. The summed E-state index contributed by atoms with van der Waals surface area (Å²) in [4.78, 5) is 2.22. The van der Waals surface area contributed by atoms with E-state index < -0.39 is 0 Å². The number of furan rings is 1. The fraction of sp³-hybridized carbons (Fsp3) is 0.0909. The van der Waals surface area contributed by atoms with Crippen LogP contribution in [-0.4, -0.2) is 0 Å². The predicted octanol–water partition coefficient (Wildman–Crippen LogP) is 11.8. The lowest BCUT2D eigenvalue weighted by molar-refractivity contribution is 0.660. The largest absolute Gasteiger partial charge is 0.456 e. The third kappa shape index (κ3) is 4.28. The van der Waals surface area contributed by atoms with Gasteiger partial charge in [0.2, 0.25) is 0 Å². The second-order valence-corrected chi connectivity index (χ2v) is 12.5. The number of rotatable bonds is 5. The summed E-state index contributed by atoms with van der Waals surface area (Å²) in [5.74, 6) is 3.09. The molecule has 0 spiro atoms. The summed E-state index contributed by atoms with van der Waals surface area (Å²) >= 11 is 0. The van der Waals surface area contributed by atoms with Gasteiger partial charge in [0.15, 0.2) is 0 Å². The number of anilines is 2. The first-order valence-electron chi connectivity index (χ1n) is 15.8. The minimum absolute atomic E-state index is 0.143. The van der Waals surface area contributed by atoms with Gasteiger partial charge in [0.25, 0.3) is 0 Å². The Labute approximate surface area is 269 Å². The van der Waals surface area contributed by atoms with Gasteiger partial charge >= 0.3 is 0 Å². The SMILES string of the molecule is C#C/C(=C\C(=C/C)c1cccc2ccccc12)N(c1ccc2c(c1)C(C)(C)c1ccccc1-2)c1ccc2oc3ccccc3c2c1. The van der Waals surface area contributed by atoms with E-state index in [1.165, 1.54) is 33.0 Å². The molecule has 7 aromatic rings. The van der Waals surface area contributed by atoms with Crippen molar-refractivity contribution in [2.45, 2.75) is 26.2 Å². The van der Waals surface area contributed by atoms with Gasteiger partial charge in [0.05, 0.1) is 5.70 Å². The van der Waals surface area contributed by atoms with E-state index in [4.69, 9.17) is 10.8 Å². The van der Waals surface area contributed by atoms with Crippen molar-refractivity contribution in [1.29, 1.82) is 0 Å². The summed E-state index contributed by atoms with van der Waals surface area (Å²) in [6, 6.07) is 45.0. The molecule has 6 aromatic carbocycles. The summed E-state index contributed by atoms with van der Waals surface area (Å²) in [6.45, 7) is 6.70. The van der Waals surface area contributed by atoms with Crippen LogP contribution >= 0.6 is 0 Å². The zero-order valence-corrected chi connectivity index (χ0v) is 26.2. The maximum absolute atomic E-state index is 6.45. The van der Waals surface area contributed by atoms with Gasteiger partial charge in [0.1, 0.15) is 11.2 Å². The highest BCUT2D eigenvalue weighted by Crippen LogP contribution is 2.50. The van der Waals surface area contributed by atoms with Crippen molar-refractivity contribution >= 4 is 49.7 Å². The van der Waals surface area contributed by atoms with Crippen molar-refractivity contribution in [2.24, 2.45) is 0 Å². The van der Waals surface area contributed by atoms with Gasteiger partial charge in [-0.1, -0.05) is 117 Å². The molecule has 46 heavy (non-hydrogen) atoms. The molecule has 1 aliphatic carbocycles. The topological polar surface area (TPSA) is 16.4 Å². The molecule has 0 bridgehead atoms. The number of allylic oxidation sites excluding steroid dienone is 4. The predicted molar refractivity (Wildman–Crippen MR) is 194 cm³/mol. The Morgan fingerprint density at radius 1 is 0.674 bits per heavy atom. The van der Waals surface area contributed by atoms with Crippen molar-refractivity contribution in [3.8, 4) is 23.5 Å². The van der Waals surface area contributed by atoms with Gasteiger partial charge in [-0.25, -0.2) is 0 Å². The number of hydrogen-bond donors (Lipinski definition) is 0. The van der Waals surface area contributed by atoms with E-state index >= 15 is 0 Å². The first-order chi connectivity index (χ1) is 22.5. The Balaban J connectivity index is 1.35. The second kappa shape index (κ2) is 10.7. The quantitative estimate of drug-likeness (QED) is 0.146. The van der Waals surface area contributed by atoms with Crippen LogP contribution < -0.4 is 4.90 Å². The molecule has 0 N–H and O–H groups in total. The molecule has 8 rings (SSSR count). The molecule has 0 radical (unpaired) electrons. The lowest BCUT2D eigenvalue weighted by Gasteiger charge is -2.28. The molecule has 1 aromatic heterocycles. The zero-order chi connectivity index (χ0) is 31.4. The standard InChI is InChI=1S/C44H33NO/c1-5-29(34-19-13-15-30-14-7-8-16-35(30)34)26-31(6-2)45(32-23-25-43-39(27-32)38-18-10-12-21-42(38)46-43)33-22-24-37-36-17-9-11-20-40(36)44(3,4)41(37)28-33/h2,5,7-28H,1,3-4H3/b29-5+,31-26+. The summed E-state index contributed by atoms with van der Waals surface area (Å²) in [6.07, 6.45) is 10.7. The molecular formula is C44H33NO. The normalized spacial score (nSPS) is 14.0. The third-order valence-electron chi connectivity index (χ3n) is 9.54. The van der Waals surface area contributed by atoms with Crippen molar-refractivity contribution in [3.05, 3.63) is 162 Å². The number of nitrogens with zero attached hydrogens (tertiary/aromatic N) is 1. The van der Waals surface area contributed by atoms with Crippen LogP contribution in [0.1, 0.15) is 37.5 Å². The summed E-state index contributed by atoms with van der Waals surface area (Å²) in [5.41, 5.74) is 11.8. The first-order valence-corrected chi connectivity index (χ1v) is 15.8. The van der Waals surface area contributed by atoms with Gasteiger partial charge in [0, 0.05) is 27.6 Å². The molecule has 2 nitrogen and oxygen atoms in total. The smallest absolute Gasteiger partial charge is 0.135 e. The fourth-order valence-electron chi connectivity index (χ4n) is 7.22. The summed E-state index contributed by atoms with van der Waals surface area (Å²) in [7, 11) is 0. The van der Waals surface area contributed by atoms with E-state index in [1.807, 2.05) is 12.1 Å². The van der Waals surface area contributed by atoms with Crippen LogP contribution in [0.5, 0.6) is 0 Å². The van der Waals surface area contributed by atoms with Crippen LogP contribution in [0.3, 0.4) is 0 Å². The Kier molecular flexibility index (Phi) is 6.45. The van der Waals surface area contributed by atoms with Crippen LogP contribution in [-0.2, 0) is 5.41 Å². The molecule has 0 saturated heterocycles. The molecule has 0 aliphatic heterocycles. The highest BCUT2D eigenvalue weighted by molar-refractivity contribution is 6.06. The molecular weight excluding hydrogens is 558 g/mol. The lowest BCUT2D eigenvalue weighted by Crippen LogP contribution is -2.18. The van der Waals surface area contributed by atoms with Crippen LogP contribution in [0.15, 0.2) is 150 Å². The number of hydrogen-bond acceptors (Lipinski definition) is 2. The van der Waals surface area contributed by atoms with Crippen molar-refractivity contribution in [2.75, 3.05) is 4.90 Å². The van der Waals surface area contributed by atoms with E-state index in [2.05, 4.69) is 159 Å². The van der Waals surface area contributed by atoms with Crippen LogP contribution in [0.4, 0.5) is 11.4 Å². The van der Waals surface area contributed by atoms with E-state index in [0.717, 1.165) is 50.1 Å². The monoisotopic (exact) mass is 591 g/mol. The first kappa shape index (κ1) is 27.7. The Morgan fingerprint density at radius 2 is 1.35 bits per heavy atom. The van der Waals surface area contributed by atoms with Crippen LogP contribution in [0.25, 0.3) is 49.4 Å². The molecule has 0 fully saturated rings. The average molecular weight is 592 g/mol. The number of fused-ring (bicyclic) bond motifs is 7. The van der Waals surface area contributed by atoms with Crippen molar-refractivity contribution in [1.82, 2.24) is 0 Å². The Bertz CT molecular complexity index is 2420. The minimum atomic E-state index is -0.143. The Hall–Kier alpha value is -5.78. The minimum Gasteiger partial charge on any atom is -0.456 e. The molecule has 0 saturated carbocycles. The third-order valence-corrected chi connectivity index (χ3v) is 9.54. The molecule has 220 valence electrons. The van der Waals surface area contributed by atoms with Crippen molar-refractivity contribution < 1.29 is 4.42 Å². The zero-order valence-electron chi connectivity index (χ0n) is 26.2. The average Bonchev–Trinajstić information content (AvgIpc) is 3.58.